The van der Waals surface area contributed by atoms with Crippen molar-refractivity contribution in [2.75, 3.05) is 25.1 Å². The molecule has 0 aliphatic heterocycles. The number of hydrogen-bond acceptors (Lipinski definition) is 12. The largest absolute Gasteiger partial charge is 0.463 e. The van der Waals surface area contributed by atoms with E-state index in [-0.39, 0.29) is 48.5 Å². The lowest BCUT2D eigenvalue weighted by Gasteiger charge is -2.25. The molecule has 4 rings (SSSR count). The van der Waals surface area contributed by atoms with Crippen molar-refractivity contribution in [1.82, 2.24) is 19.5 Å². The molecule has 46 heavy (non-hydrogen) atoms. The quantitative estimate of drug-likeness (QED) is 0.147. The maximum atomic E-state index is 14.3. The minimum absolute atomic E-state index is 0.0737. The summed E-state index contributed by atoms with van der Waals surface area (Å²) in [5.41, 5.74) is 11.4. The van der Waals surface area contributed by atoms with Gasteiger partial charge in [0, 0.05) is 6.20 Å². The monoisotopic (exact) mass is 658 g/mol. The second kappa shape index (κ2) is 14.6. The minimum atomic E-state index is -3.98. The molecule has 0 unspecified atom stereocenters. The van der Waals surface area contributed by atoms with Gasteiger partial charge in [-0.1, -0.05) is 52.3 Å². The molecule has 2 heterocycles. The van der Waals surface area contributed by atoms with Gasteiger partial charge in [-0.25, -0.2) is 9.55 Å². The first kappa shape index (κ1) is 34.9. The number of aromatic amines is 1. The van der Waals surface area contributed by atoms with Crippen molar-refractivity contribution in [2.45, 2.75) is 66.0 Å². The van der Waals surface area contributed by atoms with Gasteiger partial charge in [0.15, 0.2) is 11.2 Å². The first-order valence-corrected chi connectivity index (χ1v) is 17.0. The number of nitrogens with zero attached hydrogens (tertiary/aromatic N) is 3. The van der Waals surface area contributed by atoms with Crippen LogP contribution in [-0.2, 0) is 28.2 Å². The molecule has 0 saturated heterocycles. The van der Waals surface area contributed by atoms with Gasteiger partial charge in [-0.2, -0.15) is 4.98 Å². The van der Waals surface area contributed by atoms with Crippen LogP contribution in [0.25, 0.3) is 17.4 Å². The van der Waals surface area contributed by atoms with Gasteiger partial charge in [-0.15, -0.1) is 0 Å². The van der Waals surface area contributed by atoms with Gasteiger partial charge in [0.25, 0.3) is 5.56 Å². The predicted molar refractivity (Wildman–Crippen MR) is 173 cm³/mol. The van der Waals surface area contributed by atoms with Gasteiger partial charge in [0.1, 0.15) is 24.7 Å². The minimum Gasteiger partial charge on any atom is -0.463 e. The average molecular weight is 659 g/mol. The molecule has 0 spiro atoms. The number of ether oxygens (including phenoxy) is 2. The van der Waals surface area contributed by atoms with Crippen molar-refractivity contribution in [3.05, 3.63) is 52.6 Å². The Bertz CT molecular complexity index is 1670. The molecule has 0 bridgehead atoms. The van der Waals surface area contributed by atoms with Crippen LogP contribution in [0.5, 0.6) is 5.75 Å². The van der Waals surface area contributed by atoms with Crippen molar-refractivity contribution >= 4 is 42.8 Å². The molecule has 1 aromatic carbocycles. The highest BCUT2D eigenvalue weighted by Crippen LogP contribution is 2.58. The highest BCUT2D eigenvalue weighted by atomic mass is 31.2. The van der Waals surface area contributed by atoms with E-state index in [1.165, 1.54) is 10.9 Å². The molecule has 250 valence electrons. The van der Waals surface area contributed by atoms with E-state index in [0.717, 1.165) is 12.0 Å². The van der Waals surface area contributed by atoms with Gasteiger partial charge in [0.05, 0.1) is 30.2 Å². The number of rotatable bonds is 16. The van der Waals surface area contributed by atoms with Crippen molar-refractivity contribution in [3.8, 4) is 5.75 Å². The number of nitrogens with two attached hydrogens (primary N) is 2. The molecular formula is C31H43N6O8P. The van der Waals surface area contributed by atoms with Crippen LogP contribution in [0, 0.1) is 17.3 Å². The number of benzene rings is 1. The molecule has 3 aromatic rings. The molecule has 1 aliphatic rings. The predicted octanol–water partition coefficient (Wildman–Crippen LogP) is 4.12. The summed E-state index contributed by atoms with van der Waals surface area (Å²) in [6.45, 7) is 8.74. The lowest BCUT2D eigenvalue weighted by Crippen LogP contribution is -2.38. The standard InChI is InChI=1S/C31H43N6O8P/c1-6-10-21(5)44-28(39)20(4)15-46(41,45-23-11-8-7-9-12-23)43-17-31(16-42-29(40)24(32)19(2)3)13-22(31)14-37-18-34-25-26(37)35-30(33)36-27(25)38/h7-9,11-12,14,18-21,24H,6,10,13,15-17,32H2,1-5H3,(H3,33,35,36,38)/b22-14-/t20-,21+,24+,31+,46+/m1/s1. The first-order valence-electron chi connectivity index (χ1n) is 15.3. The summed E-state index contributed by atoms with van der Waals surface area (Å²) in [5, 5.41) is 0. The molecule has 1 aliphatic carbocycles. The molecule has 0 radical (unpaired) electrons. The van der Waals surface area contributed by atoms with E-state index in [1.54, 1.807) is 43.5 Å². The Labute approximate surface area is 267 Å². The summed E-state index contributed by atoms with van der Waals surface area (Å²) >= 11 is 0. The molecule has 5 atom stereocenters. The van der Waals surface area contributed by atoms with Gasteiger partial charge < -0.3 is 25.5 Å². The maximum Gasteiger partial charge on any atom is 0.380 e. The van der Waals surface area contributed by atoms with Gasteiger partial charge in [0.2, 0.25) is 5.95 Å². The van der Waals surface area contributed by atoms with E-state index < -0.39 is 42.5 Å². The van der Waals surface area contributed by atoms with E-state index in [2.05, 4.69) is 15.0 Å². The second-order valence-corrected chi connectivity index (χ2v) is 14.2. The topological polar surface area (TPSA) is 204 Å². The number of carbonyl (C=O) groups is 2. The zero-order valence-electron chi connectivity index (χ0n) is 26.8. The summed E-state index contributed by atoms with van der Waals surface area (Å²) in [7, 11) is -3.98. The molecule has 0 amide bonds. The van der Waals surface area contributed by atoms with Crippen molar-refractivity contribution in [3.63, 3.8) is 0 Å². The van der Waals surface area contributed by atoms with Gasteiger partial charge in [-0.05, 0) is 43.4 Å². The average Bonchev–Trinajstić information content (AvgIpc) is 3.53. The third-order valence-corrected chi connectivity index (χ3v) is 9.76. The Hall–Kier alpha value is -4.00. The van der Waals surface area contributed by atoms with Crippen LogP contribution in [0.1, 0.15) is 53.9 Å². The number of nitrogen functional groups attached to an aromatic ring is 1. The zero-order valence-corrected chi connectivity index (χ0v) is 27.7. The van der Waals surface area contributed by atoms with E-state index in [4.69, 9.17) is 30.0 Å². The van der Waals surface area contributed by atoms with Crippen molar-refractivity contribution in [1.29, 1.82) is 0 Å². The van der Waals surface area contributed by atoms with Crippen LogP contribution in [-0.4, -0.2) is 63.0 Å². The third kappa shape index (κ3) is 8.62. The Balaban J connectivity index is 1.61. The number of carbonyl (C=O) groups excluding carboxylic acids is 2. The fourth-order valence-corrected chi connectivity index (χ4v) is 6.72. The lowest BCUT2D eigenvalue weighted by atomic mass is 10.1. The highest BCUT2D eigenvalue weighted by molar-refractivity contribution is 7.54. The highest BCUT2D eigenvalue weighted by Gasteiger charge is 2.52. The number of fused-ring (bicyclic) bond motifs is 1. The van der Waals surface area contributed by atoms with Crippen molar-refractivity contribution in [2.24, 2.45) is 23.0 Å². The van der Waals surface area contributed by atoms with Gasteiger partial charge >= 0.3 is 19.5 Å². The van der Waals surface area contributed by atoms with Gasteiger partial charge in [-0.3, -0.25) is 28.5 Å². The van der Waals surface area contributed by atoms with E-state index in [9.17, 15) is 18.9 Å². The smallest absolute Gasteiger partial charge is 0.380 e. The third-order valence-electron chi connectivity index (χ3n) is 7.75. The number of esters is 2. The van der Waals surface area contributed by atoms with Crippen LogP contribution in [0.3, 0.4) is 0 Å². The summed E-state index contributed by atoms with van der Waals surface area (Å²) in [6, 6.07) is 7.68. The number of H-pyrrole nitrogens is 1. The number of imidazole rings is 1. The van der Waals surface area contributed by atoms with Crippen LogP contribution < -0.4 is 21.6 Å². The molecular weight excluding hydrogens is 615 g/mol. The SMILES string of the molecule is CCC[C@H](C)OC(=O)[C@H](C)C[P@](=O)(OC[C@@]1(COC(=O)[C@@H](N)C(C)C)C/C1=C/n1cnc2c(=O)[nH]c(N)nc21)Oc1ccccc1. The van der Waals surface area contributed by atoms with E-state index in [1.807, 2.05) is 27.7 Å². The lowest BCUT2D eigenvalue weighted by molar-refractivity contribution is -0.152. The summed E-state index contributed by atoms with van der Waals surface area (Å²) in [6.07, 6.45) is 4.51. The molecule has 1 fully saturated rings. The fourth-order valence-electron chi connectivity index (χ4n) is 4.79. The van der Waals surface area contributed by atoms with Crippen LogP contribution in [0.4, 0.5) is 5.95 Å². The molecule has 1 saturated carbocycles. The number of anilines is 1. The molecule has 5 N–H and O–H groups in total. The van der Waals surface area contributed by atoms with Crippen LogP contribution >= 0.6 is 7.60 Å². The number of para-hydroxylation sites is 1. The first-order chi connectivity index (χ1) is 21.8. The van der Waals surface area contributed by atoms with Crippen LogP contribution in [0.2, 0.25) is 0 Å². The van der Waals surface area contributed by atoms with E-state index in [0.29, 0.717) is 18.6 Å². The Kier molecular flexibility index (Phi) is 11.1. The Morgan fingerprint density at radius 3 is 2.54 bits per heavy atom. The molecule has 15 heteroatoms. The fraction of sp³-hybridized carbons (Fsp3) is 0.516. The number of aromatic nitrogens is 4. The maximum absolute atomic E-state index is 14.3. The normalized spacial score (nSPS) is 20.2. The summed E-state index contributed by atoms with van der Waals surface area (Å²) in [4.78, 5) is 48.6. The van der Waals surface area contributed by atoms with Crippen molar-refractivity contribution < 1.29 is 32.7 Å². The Morgan fingerprint density at radius 2 is 1.87 bits per heavy atom. The van der Waals surface area contributed by atoms with Crippen LogP contribution in [0.15, 0.2) is 47.0 Å². The summed E-state index contributed by atoms with van der Waals surface area (Å²) < 4.78 is 39.0. The molecule has 14 nitrogen and oxygen atoms in total. The van der Waals surface area contributed by atoms with E-state index >= 15 is 0 Å². The summed E-state index contributed by atoms with van der Waals surface area (Å²) in [5.74, 6) is -1.81. The molecule has 2 aromatic heterocycles. The second-order valence-electron chi connectivity index (χ2n) is 12.2. The zero-order chi connectivity index (χ0) is 33.6. The Morgan fingerprint density at radius 1 is 1.15 bits per heavy atom. The number of hydrogen-bond donors (Lipinski definition) is 3. The number of nitrogens with one attached hydrogen (secondary N) is 1.